The second-order valence-electron chi connectivity index (χ2n) is 7.25. The summed E-state index contributed by atoms with van der Waals surface area (Å²) < 4.78 is 46.0. The van der Waals surface area contributed by atoms with E-state index in [1.54, 1.807) is 16.7 Å². The number of carbonyl (C=O) groups excluding carboxylic acids is 1. The highest BCUT2D eigenvalue weighted by atomic mass is 32.2. The van der Waals surface area contributed by atoms with Crippen LogP contribution in [0.2, 0.25) is 0 Å². The Kier molecular flexibility index (Phi) is 5.47. The van der Waals surface area contributed by atoms with Crippen LogP contribution in [0, 0.1) is 0 Å². The van der Waals surface area contributed by atoms with Gasteiger partial charge in [-0.2, -0.15) is 13.2 Å². The maximum Gasteiger partial charge on any atom is 0.416 e. The minimum absolute atomic E-state index is 0.0900. The molecule has 3 rings (SSSR count). The third-order valence-electron chi connectivity index (χ3n) is 3.86. The Labute approximate surface area is 164 Å². The fraction of sp³-hybridized carbons (Fsp3) is 0.368. The second kappa shape index (κ2) is 7.54. The van der Waals surface area contributed by atoms with Gasteiger partial charge in [0.05, 0.1) is 35.2 Å². The highest BCUT2D eigenvalue weighted by Gasteiger charge is 2.31. The summed E-state index contributed by atoms with van der Waals surface area (Å²) in [5, 5.41) is 2.71. The minimum atomic E-state index is -4.47. The van der Waals surface area contributed by atoms with Crippen molar-refractivity contribution in [1.82, 2.24) is 9.55 Å². The molecule has 9 heteroatoms. The fourth-order valence-corrected chi connectivity index (χ4v) is 3.20. The van der Waals surface area contributed by atoms with Crippen molar-refractivity contribution >= 4 is 34.7 Å². The first kappa shape index (κ1) is 20.3. The van der Waals surface area contributed by atoms with Crippen molar-refractivity contribution in [2.24, 2.45) is 0 Å². The van der Waals surface area contributed by atoms with Gasteiger partial charge in [0.1, 0.15) is 5.76 Å². The summed E-state index contributed by atoms with van der Waals surface area (Å²) in [5.74, 6) is 0.720. The van der Waals surface area contributed by atoms with E-state index < -0.39 is 11.7 Å². The van der Waals surface area contributed by atoms with Gasteiger partial charge in [-0.1, -0.05) is 20.8 Å². The second-order valence-corrected chi connectivity index (χ2v) is 9.05. The van der Waals surface area contributed by atoms with Gasteiger partial charge in [0.15, 0.2) is 0 Å². The molecule has 2 heterocycles. The number of thioether (sulfide) groups is 1. The van der Waals surface area contributed by atoms with Gasteiger partial charge in [-0.15, -0.1) is 11.8 Å². The number of alkyl halides is 3. The summed E-state index contributed by atoms with van der Waals surface area (Å²) in [6, 6.07) is 6.80. The maximum absolute atomic E-state index is 13.0. The largest absolute Gasteiger partial charge is 0.467 e. The third kappa shape index (κ3) is 4.89. The quantitative estimate of drug-likeness (QED) is 0.630. The van der Waals surface area contributed by atoms with E-state index >= 15 is 0 Å². The number of nitrogens with one attached hydrogen (secondary N) is 1. The molecule has 0 unspecified atom stereocenters. The van der Waals surface area contributed by atoms with Crippen LogP contribution >= 0.6 is 11.8 Å². The number of nitrogens with zero attached hydrogens (tertiary/aromatic N) is 2. The zero-order valence-electron chi connectivity index (χ0n) is 15.6. The van der Waals surface area contributed by atoms with Crippen molar-refractivity contribution < 1.29 is 22.4 Å². The molecule has 1 aromatic carbocycles. The first-order chi connectivity index (χ1) is 13.0. The number of fused-ring (bicyclic) bond motifs is 1. The number of imidazole rings is 1. The molecule has 150 valence electrons. The molecule has 1 amide bonds. The first-order valence-corrected chi connectivity index (χ1v) is 9.55. The molecule has 0 bridgehead atoms. The van der Waals surface area contributed by atoms with E-state index in [9.17, 15) is 18.0 Å². The summed E-state index contributed by atoms with van der Waals surface area (Å²) in [6.45, 7) is 6.22. The number of halogens is 3. The molecule has 0 aliphatic carbocycles. The molecule has 0 fully saturated rings. The minimum Gasteiger partial charge on any atom is -0.467 e. The smallest absolute Gasteiger partial charge is 0.416 e. The summed E-state index contributed by atoms with van der Waals surface area (Å²) in [7, 11) is 0. The number of hydrogen-bond acceptors (Lipinski definition) is 4. The van der Waals surface area contributed by atoms with Gasteiger partial charge in [-0.3, -0.25) is 10.1 Å². The van der Waals surface area contributed by atoms with Gasteiger partial charge in [-0.05, 0) is 30.3 Å². The van der Waals surface area contributed by atoms with E-state index in [0.717, 1.165) is 12.1 Å². The first-order valence-electron chi connectivity index (χ1n) is 8.56. The van der Waals surface area contributed by atoms with Gasteiger partial charge in [0, 0.05) is 4.75 Å². The number of amides is 1. The van der Waals surface area contributed by atoms with E-state index in [1.165, 1.54) is 24.1 Å². The molecule has 0 radical (unpaired) electrons. The number of anilines is 1. The number of benzene rings is 1. The van der Waals surface area contributed by atoms with E-state index in [1.807, 2.05) is 20.8 Å². The molecule has 0 aliphatic heterocycles. The van der Waals surface area contributed by atoms with Crippen LogP contribution in [0.1, 0.15) is 32.1 Å². The van der Waals surface area contributed by atoms with Crippen LogP contribution < -0.4 is 5.32 Å². The average molecular weight is 411 g/mol. The van der Waals surface area contributed by atoms with Crippen molar-refractivity contribution in [2.75, 3.05) is 11.1 Å². The highest BCUT2D eigenvalue weighted by molar-refractivity contribution is 8.01. The van der Waals surface area contributed by atoms with Gasteiger partial charge in [0.2, 0.25) is 11.9 Å². The molecule has 5 nitrogen and oxygen atoms in total. The van der Waals surface area contributed by atoms with Crippen LogP contribution in [0.3, 0.4) is 0 Å². The molecular formula is C19H20F3N3O2S. The Morgan fingerprint density at radius 2 is 2.00 bits per heavy atom. The lowest BCUT2D eigenvalue weighted by Gasteiger charge is -2.17. The predicted molar refractivity (Wildman–Crippen MR) is 103 cm³/mol. The Hall–Kier alpha value is -2.42. The van der Waals surface area contributed by atoms with E-state index in [0.29, 0.717) is 11.3 Å². The molecule has 2 aromatic heterocycles. The third-order valence-corrected chi connectivity index (χ3v) is 5.13. The van der Waals surface area contributed by atoms with Crippen molar-refractivity contribution in [3.8, 4) is 0 Å². The summed E-state index contributed by atoms with van der Waals surface area (Å²) in [6.07, 6.45) is -2.96. The van der Waals surface area contributed by atoms with Crippen molar-refractivity contribution in [3.05, 3.63) is 47.9 Å². The van der Waals surface area contributed by atoms with Gasteiger partial charge in [-0.25, -0.2) is 4.98 Å². The number of furan rings is 1. The van der Waals surface area contributed by atoms with Gasteiger partial charge < -0.3 is 8.98 Å². The standard InChI is InChI=1S/C19H20F3N3O2S/c1-18(2,3)28-11-16(26)24-17-23-14-9-12(19(20,21)22)6-7-15(14)25(17)10-13-5-4-8-27-13/h4-9H,10-11H2,1-3H3,(H,23,24,26). The normalized spacial score (nSPS) is 12.5. The van der Waals surface area contributed by atoms with Crippen LogP contribution in [0.15, 0.2) is 41.0 Å². The fourth-order valence-electron chi connectivity index (χ4n) is 2.56. The van der Waals surface area contributed by atoms with Crippen molar-refractivity contribution in [2.45, 2.75) is 38.2 Å². The molecule has 1 N–H and O–H groups in total. The lowest BCUT2D eigenvalue weighted by atomic mass is 10.2. The van der Waals surface area contributed by atoms with E-state index in [-0.39, 0.29) is 34.4 Å². The number of hydrogen-bond donors (Lipinski definition) is 1. The molecular weight excluding hydrogens is 391 g/mol. The molecule has 0 saturated heterocycles. The van der Waals surface area contributed by atoms with Crippen LogP contribution in [-0.4, -0.2) is 26.0 Å². The summed E-state index contributed by atoms with van der Waals surface area (Å²) >= 11 is 1.47. The highest BCUT2D eigenvalue weighted by Crippen LogP contribution is 2.32. The maximum atomic E-state index is 13.0. The van der Waals surface area contributed by atoms with Crippen LogP contribution in [0.4, 0.5) is 19.1 Å². The van der Waals surface area contributed by atoms with Crippen molar-refractivity contribution in [1.29, 1.82) is 0 Å². The predicted octanol–water partition coefficient (Wildman–Crippen LogP) is 5.17. The Morgan fingerprint density at radius 1 is 1.25 bits per heavy atom. The lowest BCUT2D eigenvalue weighted by molar-refractivity contribution is -0.137. The Bertz CT molecular complexity index is 973. The Balaban J connectivity index is 1.95. The Morgan fingerprint density at radius 3 is 2.61 bits per heavy atom. The number of aromatic nitrogens is 2. The zero-order chi connectivity index (χ0) is 20.5. The average Bonchev–Trinajstić information content (AvgIpc) is 3.20. The lowest BCUT2D eigenvalue weighted by Crippen LogP contribution is -2.21. The van der Waals surface area contributed by atoms with E-state index in [2.05, 4.69) is 10.3 Å². The molecule has 28 heavy (non-hydrogen) atoms. The summed E-state index contributed by atoms with van der Waals surface area (Å²) in [4.78, 5) is 16.6. The molecule has 3 aromatic rings. The van der Waals surface area contributed by atoms with Gasteiger partial charge >= 0.3 is 6.18 Å². The molecule has 0 spiro atoms. The zero-order valence-corrected chi connectivity index (χ0v) is 16.4. The number of carbonyl (C=O) groups is 1. The van der Waals surface area contributed by atoms with Crippen molar-refractivity contribution in [3.63, 3.8) is 0 Å². The van der Waals surface area contributed by atoms with Gasteiger partial charge in [0.25, 0.3) is 0 Å². The number of rotatable bonds is 5. The SMILES string of the molecule is CC(C)(C)SCC(=O)Nc1nc2cc(C(F)(F)F)ccc2n1Cc1ccco1. The summed E-state index contributed by atoms with van der Waals surface area (Å²) in [5.41, 5.74) is -0.160. The molecule has 0 saturated carbocycles. The van der Waals surface area contributed by atoms with Crippen LogP contribution in [0.25, 0.3) is 11.0 Å². The topological polar surface area (TPSA) is 60.1 Å². The molecule has 0 aliphatic rings. The van der Waals surface area contributed by atoms with E-state index in [4.69, 9.17) is 4.42 Å². The molecule has 0 atom stereocenters. The monoisotopic (exact) mass is 411 g/mol. The van der Waals surface area contributed by atoms with Crippen LogP contribution in [-0.2, 0) is 17.5 Å². The van der Waals surface area contributed by atoms with Crippen LogP contribution in [0.5, 0.6) is 0 Å².